The summed E-state index contributed by atoms with van der Waals surface area (Å²) in [6.45, 7) is 8.42. The van der Waals surface area contributed by atoms with Gasteiger partial charge in [-0.05, 0) is 59.9 Å². The fraction of sp³-hybridized carbons (Fsp3) is 0.412. The minimum Gasteiger partial charge on any atom is -0.326 e. The van der Waals surface area contributed by atoms with Gasteiger partial charge in [0.15, 0.2) is 0 Å². The summed E-state index contributed by atoms with van der Waals surface area (Å²) in [6.07, 6.45) is 3.73. The molecule has 2 aromatic rings. The Morgan fingerprint density at radius 1 is 1.26 bits per heavy atom. The van der Waals surface area contributed by atoms with E-state index in [2.05, 4.69) is 54.6 Å². The van der Waals surface area contributed by atoms with Crippen LogP contribution in [0.15, 0.2) is 42.2 Å². The smallest absolute Gasteiger partial charge is 0.228 e. The standard InChI is InChI=1S/C17H21N5O/c1-11(2)9-14-15(17(14,3)4)16(23)19-12-5-7-13(8-6-12)22-10-18-20-21-22/h5-10,14-15H,1-4H3,(H,19,23)/t14-,15-/m1/s1. The number of amides is 1. The van der Waals surface area contributed by atoms with Gasteiger partial charge in [-0.1, -0.05) is 25.5 Å². The van der Waals surface area contributed by atoms with Gasteiger partial charge in [-0.3, -0.25) is 4.79 Å². The molecule has 3 rings (SSSR count). The second kappa shape index (κ2) is 5.61. The second-order valence-electron chi connectivity index (χ2n) is 6.86. The van der Waals surface area contributed by atoms with E-state index in [1.807, 2.05) is 24.3 Å². The molecule has 0 spiro atoms. The van der Waals surface area contributed by atoms with Crippen molar-refractivity contribution in [3.05, 3.63) is 42.2 Å². The third kappa shape index (κ3) is 3.02. The van der Waals surface area contributed by atoms with Gasteiger partial charge in [0, 0.05) is 5.69 Å². The summed E-state index contributed by atoms with van der Waals surface area (Å²) in [5, 5.41) is 14.1. The number of aromatic nitrogens is 4. The molecule has 0 saturated heterocycles. The van der Waals surface area contributed by atoms with Gasteiger partial charge in [-0.2, -0.15) is 0 Å². The van der Waals surface area contributed by atoms with E-state index in [0.29, 0.717) is 5.92 Å². The lowest BCUT2D eigenvalue weighted by Gasteiger charge is -2.07. The number of rotatable bonds is 4. The van der Waals surface area contributed by atoms with Gasteiger partial charge in [0.05, 0.1) is 11.6 Å². The van der Waals surface area contributed by atoms with E-state index in [9.17, 15) is 4.79 Å². The first-order valence-corrected chi connectivity index (χ1v) is 7.69. The number of anilines is 1. The second-order valence-corrected chi connectivity index (χ2v) is 6.86. The number of allylic oxidation sites excluding steroid dienone is 2. The molecule has 6 heteroatoms. The zero-order valence-electron chi connectivity index (χ0n) is 13.8. The van der Waals surface area contributed by atoms with Gasteiger partial charge >= 0.3 is 0 Å². The first-order chi connectivity index (χ1) is 10.9. The number of tetrazole rings is 1. The average Bonchev–Trinajstić information content (AvgIpc) is 2.88. The van der Waals surface area contributed by atoms with Gasteiger partial charge in [0.1, 0.15) is 6.33 Å². The predicted octanol–water partition coefficient (Wildman–Crippen LogP) is 2.84. The van der Waals surface area contributed by atoms with Gasteiger partial charge in [0.25, 0.3) is 0 Å². The number of benzene rings is 1. The Labute approximate surface area is 135 Å². The fourth-order valence-electron chi connectivity index (χ4n) is 3.05. The number of hydrogen-bond acceptors (Lipinski definition) is 4. The van der Waals surface area contributed by atoms with Crippen LogP contribution in [0.25, 0.3) is 5.69 Å². The average molecular weight is 311 g/mol. The van der Waals surface area contributed by atoms with Gasteiger partial charge in [-0.15, -0.1) is 5.10 Å². The van der Waals surface area contributed by atoms with Crippen LogP contribution >= 0.6 is 0 Å². The summed E-state index contributed by atoms with van der Waals surface area (Å²) in [5.41, 5.74) is 2.91. The highest BCUT2D eigenvalue weighted by molar-refractivity contribution is 5.95. The zero-order chi connectivity index (χ0) is 16.6. The van der Waals surface area contributed by atoms with Crippen molar-refractivity contribution in [1.82, 2.24) is 20.2 Å². The monoisotopic (exact) mass is 311 g/mol. The molecular formula is C17H21N5O. The van der Waals surface area contributed by atoms with Crippen LogP contribution < -0.4 is 5.32 Å². The molecule has 1 N–H and O–H groups in total. The highest BCUT2D eigenvalue weighted by Gasteiger charge is 2.60. The molecule has 1 aliphatic rings. The Kier molecular flexibility index (Phi) is 3.75. The highest BCUT2D eigenvalue weighted by atomic mass is 16.2. The van der Waals surface area contributed by atoms with Crippen LogP contribution in [0.3, 0.4) is 0 Å². The molecule has 120 valence electrons. The number of nitrogens with zero attached hydrogens (tertiary/aromatic N) is 4. The lowest BCUT2D eigenvalue weighted by molar-refractivity contribution is -0.118. The largest absolute Gasteiger partial charge is 0.326 e. The van der Waals surface area contributed by atoms with Crippen molar-refractivity contribution in [1.29, 1.82) is 0 Å². The fourth-order valence-corrected chi connectivity index (χ4v) is 3.05. The molecule has 2 atom stereocenters. The third-order valence-corrected chi connectivity index (χ3v) is 4.45. The lowest BCUT2D eigenvalue weighted by Crippen LogP contribution is -2.16. The van der Waals surface area contributed by atoms with E-state index in [-0.39, 0.29) is 17.2 Å². The van der Waals surface area contributed by atoms with E-state index in [0.717, 1.165) is 11.4 Å². The SMILES string of the molecule is CC(C)=C[C@@H]1[C@H](C(=O)Nc2ccc(-n3cnnn3)cc2)C1(C)C. The molecule has 1 saturated carbocycles. The number of carbonyl (C=O) groups is 1. The van der Waals surface area contributed by atoms with Gasteiger partial charge in [-0.25, -0.2) is 4.68 Å². The van der Waals surface area contributed by atoms with Crippen molar-refractivity contribution < 1.29 is 4.79 Å². The van der Waals surface area contributed by atoms with Crippen LogP contribution in [0.2, 0.25) is 0 Å². The topological polar surface area (TPSA) is 72.7 Å². The van der Waals surface area contributed by atoms with Crippen molar-refractivity contribution in [2.24, 2.45) is 17.3 Å². The summed E-state index contributed by atoms with van der Waals surface area (Å²) in [6, 6.07) is 7.47. The molecule has 1 aromatic heterocycles. The molecule has 1 amide bonds. The molecule has 0 unspecified atom stereocenters. The van der Waals surface area contributed by atoms with E-state index < -0.39 is 0 Å². The molecule has 1 heterocycles. The van der Waals surface area contributed by atoms with Crippen molar-refractivity contribution in [2.45, 2.75) is 27.7 Å². The molecule has 0 radical (unpaired) electrons. The molecule has 1 fully saturated rings. The molecule has 23 heavy (non-hydrogen) atoms. The first-order valence-electron chi connectivity index (χ1n) is 7.69. The van der Waals surface area contributed by atoms with Crippen molar-refractivity contribution in [3.8, 4) is 5.69 Å². The van der Waals surface area contributed by atoms with Crippen molar-refractivity contribution in [3.63, 3.8) is 0 Å². The van der Waals surface area contributed by atoms with Crippen LogP contribution in [0.5, 0.6) is 0 Å². The molecule has 0 aliphatic heterocycles. The van der Waals surface area contributed by atoms with E-state index in [1.54, 1.807) is 4.68 Å². The van der Waals surface area contributed by atoms with Crippen molar-refractivity contribution in [2.75, 3.05) is 5.32 Å². The Morgan fingerprint density at radius 2 is 1.96 bits per heavy atom. The maximum absolute atomic E-state index is 12.5. The summed E-state index contributed by atoms with van der Waals surface area (Å²) in [4.78, 5) is 12.5. The van der Waals surface area contributed by atoms with Gasteiger partial charge in [0.2, 0.25) is 5.91 Å². The van der Waals surface area contributed by atoms with Crippen molar-refractivity contribution >= 4 is 11.6 Å². The molecule has 0 bridgehead atoms. The summed E-state index contributed by atoms with van der Waals surface area (Å²) in [7, 11) is 0. The Hall–Kier alpha value is -2.50. The lowest BCUT2D eigenvalue weighted by atomic mass is 10.1. The van der Waals surface area contributed by atoms with Crippen LogP contribution in [0.4, 0.5) is 5.69 Å². The van der Waals surface area contributed by atoms with Crippen LogP contribution in [0, 0.1) is 17.3 Å². The van der Waals surface area contributed by atoms with Gasteiger partial charge < -0.3 is 5.32 Å². The molecule has 1 aliphatic carbocycles. The van der Waals surface area contributed by atoms with Crippen LogP contribution in [0.1, 0.15) is 27.7 Å². The summed E-state index contributed by atoms with van der Waals surface area (Å²) in [5.74, 6) is 0.414. The zero-order valence-corrected chi connectivity index (χ0v) is 13.8. The quantitative estimate of drug-likeness (QED) is 0.881. The first kappa shape index (κ1) is 15.4. The van der Waals surface area contributed by atoms with E-state index in [1.165, 1.54) is 11.9 Å². The van der Waals surface area contributed by atoms with E-state index >= 15 is 0 Å². The highest BCUT2D eigenvalue weighted by Crippen LogP contribution is 2.59. The minimum absolute atomic E-state index is 0.0215. The molecule has 6 nitrogen and oxygen atoms in total. The molecule has 1 aromatic carbocycles. The maximum atomic E-state index is 12.5. The van der Waals surface area contributed by atoms with Crippen LogP contribution in [-0.2, 0) is 4.79 Å². The summed E-state index contributed by atoms with van der Waals surface area (Å²) >= 11 is 0. The van der Waals surface area contributed by atoms with E-state index in [4.69, 9.17) is 0 Å². The maximum Gasteiger partial charge on any atom is 0.228 e. The Bertz CT molecular complexity index is 727. The summed E-state index contributed by atoms with van der Waals surface area (Å²) < 4.78 is 1.57. The third-order valence-electron chi connectivity index (χ3n) is 4.45. The molecular weight excluding hydrogens is 290 g/mol. The number of hydrogen-bond donors (Lipinski definition) is 1. The number of nitrogens with one attached hydrogen (secondary N) is 1. The number of carbonyl (C=O) groups excluding carboxylic acids is 1. The Balaban J connectivity index is 1.68. The van der Waals surface area contributed by atoms with Crippen LogP contribution in [-0.4, -0.2) is 26.1 Å². The normalized spacial score (nSPS) is 21.6. The predicted molar refractivity (Wildman–Crippen MR) is 88.0 cm³/mol. The minimum atomic E-state index is 0.0215. The Morgan fingerprint density at radius 3 is 2.52 bits per heavy atom.